The van der Waals surface area contributed by atoms with Crippen molar-refractivity contribution in [3.05, 3.63) is 59.4 Å². The number of aryl methyl sites for hydroxylation is 4. The zero-order chi connectivity index (χ0) is 23.8. The zero-order valence-electron chi connectivity index (χ0n) is 20.8. The topological polar surface area (TPSA) is 56.1 Å². The number of unbranched alkanes of at least 4 members (excludes halogenated alkanes) is 1. The Morgan fingerprint density at radius 1 is 1.00 bits per heavy atom. The average molecular weight is 462 g/mol. The third-order valence-corrected chi connectivity index (χ3v) is 7.02. The summed E-state index contributed by atoms with van der Waals surface area (Å²) in [6, 6.07) is 14.7. The van der Waals surface area contributed by atoms with Crippen molar-refractivity contribution >= 4 is 16.9 Å². The van der Waals surface area contributed by atoms with Gasteiger partial charge in [0, 0.05) is 25.4 Å². The van der Waals surface area contributed by atoms with Crippen LogP contribution in [0.3, 0.4) is 0 Å². The quantitative estimate of drug-likeness (QED) is 0.349. The van der Waals surface area contributed by atoms with Crippen molar-refractivity contribution in [2.24, 2.45) is 5.92 Å². The van der Waals surface area contributed by atoms with Crippen LogP contribution in [-0.4, -0.2) is 28.6 Å². The van der Waals surface area contributed by atoms with E-state index in [0.717, 1.165) is 75.3 Å². The highest BCUT2D eigenvalue weighted by atomic mass is 16.5. The van der Waals surface area contributed by atoms with E-state index in [2.05, 4.69) is 60.1 Å². The molecule has 1 aliphatic carbocycles. The minimum Gasteiger partial charge on any atom is -0.493 e. The molecular formula is C29H39N3O2. The van der Waals surface area contributed by atoms with Gasteiger partial charge in [0.2, 0.25) is 5.91 Å². The summed E-state index contributed by atoms with van der Waals surface area (Å²) in [7, 11) is 0. The van der Waals surface area contributed by atoms with Crippen LogP contribution >= 0.6 is 0 Å². The molecule has 3 aromatic rings. The molecule has 1 heterocycles. The van der Waals surface area contributed by atoms with Gasteiger partial charge in [-0.25, -0.2) is 4.98 Å². The lowest BCUT2D eigenvalue weighted by Gasteiger charge is -2.20. The Labute approximate surface area is 203 Å². The van der Waals surface area contributed by atoms with Gasteiger partial charge in [-0.1, -0.05) is 49.6 Å². The molecule has 1 N–H and O–H groups in total. The Hall–Kier alpha value is -2.82. The standard InChI is InChI=1S/C29H39N3O2/c1-22-12-10-13-23(2)28(22)34-21-9-8-20-32-26-17-7-6-16-25(26)31-27(32)18-11-19-30-29(33)24-14-4-3-5-15-24/h6-7,10,12-13,16-17,24H,3-5,8-9,11,14-15,18-21H2,1-2H3,(H,30,33). The number of nitrogens with one attached hydrogen (secondary N) is 1. The van der Waals surface area contributed by atoms with Gasteiger partial charge in [-0.05, 0) is 69.2 Å². The predicted octanol–water partition coefficient (Wildman–Crippen LogP) is 6.14. The van der Waals surface area contributed by atoms with E-state index < -0.39 is 0 Å². The lowest BCUT2D eigenvalue weighted by atomic mass is 9.89. The molecule has 4 rings (SSSR count). The summed E-state index contributed by atoms with van der Waals surface area (Å²) < 4.78 is 8.45. The summed E-state index contributed by atoms with van der Waals surface area (Å²) in [5.41, 5.74) is 4.63. The molecular weight excluding hydrogens is 422 g/mol. The molecule has 0 radical (unpaired) electrons. The van der Waals surface area contributed by atoms with Gasteiger partial charge in [-0.3, -0.25) is 4.79 Å². The van der Waals surface area contributed by atoms with Gasteiger partial charge >= 0.3 is 0 Å². The monoisotopic (exact) mass is 461 g/mol. The van der Waals surface area contributed by atoms with Crippen LogP contribution in [0.2, 0.25) is 0 Å². The number of fused-ring (bicyclic) bond motifs is 1. The number of hydrogen-bond acceptors (Lipinski definition) is 3. The van der Waals surface area contributed by atoms with E-state index in [9.17, 15) is 4.79 Å². The number of hydrogen-bond donors (Lipinski definition) is 1. The fourth-order valence-electron chi connectivity index (χ4n) is 5.11. The molecule has 1 aliphatic rings. The summed E-state index contributed by atoms with van der Waals surface area (Å²) in [6.45, 7) is 6.58. The maximum absolute atomic E-state index is 12.4. The first-order chi connectivity index (χ1) is 16.6. The minimum absolute atomic E-state index is 0.226. The highest BCUT2D eigenvalue weighted by molar-refractivity contribution is 5.78. The number of imidazole rings is 1. The molecule has 0 unspecified atom stereocenters. The summed E-state index contributed by atoms with van der Waals surface area (Å²) in [4.78, 5) is 17.3. The fraction of sp³-hybridized carbons (Fsp3) is 0.517. The van der Waals surface area contributed by atoms with Crippen LogP contribution in [0.5, 0.6) is 5.75 Å². The molecule has 1 saturated carbocycles. The van der Waals surface area contributed by atoms with Gasteiger partial charge in [0.15, 0.2) is 0 Å². The van der Waals surface area contributed by atoms with Crippen molar-refractivity contribution < 1.29 is 9.53 Å². The number of carbonyl (C=O) groups excluding carboxylic acids is 1. The van der Waals surface area contributed by atoms with Gasteiger partial charge in [0.25, 0.3) is 0 Å². The Kier molecular flexibility index (Phi) is 8.62. The first-order valence-corrected chi connectivity index (χ1v) is 13.0. The molecule has 5 nitrogen and oxygen atoms in total. The third-order valence-electron chi connectivity index (χ3n) is 7.02. The van der Waals surface area contributed by atoms with Crippen molar-refractivity contribution in [2.75, 3.05) is 13.2 Å². The number of aromatic nitrogens is 2. The molecule has 0 atom stereocenters. The molecule has 0 bridgehead atoms. The van der Waals surface area contributed by atoms with Gasteiger partial charge in [-0.2, -0.15) is 0 Å². The van der Waals surface area contributed by atoms with E-state index in [4.69, 9.17) is 9.72 Å². The lowest BCUT2D eigenvalue weighted by Crippen LogP contribution is -2.32. The van der Waals surface area contributed by atoms with E-state index in [-0.39, 0.29) is 11.8 Å². The second-order valence-electron chi connectivity index (χ2n) is 9.67. The van der Waals surface area contributed by atoms with Crippen LogP contribution in [0.1, 0.15) is 68.3 Å². The van der Waals surface area contributed by atoms with E-state index in [1.807, 2.05) is 6.07 Å². The first-order valence-electron chi connectivity index (χ1n) is 13.0. The average Bonchev–Trinajstić information content (AvgIpc) is 3.21. The van der Waals surface area contributed by atoms with E-state index >= 15 is 0 Å². The summed E-state index contributed by atoms with van der Waals surface area (Å²) >= 11 is 0. The molecule has 1 amide bonds. The summed E-state index contributed by atoms with van der Waals surface area (Å²) in [6.07, 6.45) is 9.58. The zero-order valence-corrected chi connectivity index (χ0v) is 20.8. The Balaban J connectivity index is 1.28. The predicted molar refractivity (Wildman–Crippen MR) is 138 cm³/mol. The van der Waals surface area contributed by atoms with Crippen LogP contribution < -0.4 is 10.1 Å². The third kappa shape index (κ3) is 6.19. The van der Waals surface area contributed by atoms with Crippen LogP contribution in [-0.2, 0) is 17.8 Å². The largest absolute Gasteiger partial charge is 0.493 e. The van der Waals surface area contributed by atoms with E-state index in [0.29, 0.717) is 0 Å². The number of nitrogens with zero attached hydrogens (tertiary/aromatic N) is 2. The molecule has 0 saturated heterocycles. The number of rotatable bonds is 11. The number of amides is 1. The van der Waals surface area contributed by atoms with Crippen molar-refractivity contribution in [2.45, 2.75) is 78.2 Å². The Morgan fingerprint density at radius 3 is 2.56 bits per heavy atom. The van der Waals surface area contributed by atoms with Gasteiger partial charge in [0.1, 0.15) is 11.6 Å². The number of benzene rings is 2. The van der Waals surface area contributed by atoms with Crippen LogP contribution in [0.25, 0.3) is 11.0 Å². The SMILES string of the molecule is Cc1cccc(C)c1OCCCCn1c(CCCNC(=O)C2CCCCC2)nc2ccccc21. The fourth-order valence-corrected chi connectivity index (χ4v) is 5.11. The van der Waals surface area contributed by atoms with E-state index in [1.165, 1.54) is 35.9 Å². The second kappa shape index (κ2) is 12.0. The number of ether oxygens (including phenoxy) is 1. The Morgan fingerprint density at radius 2 is 1.76 bits per heavy atom. The van der Waals surface area contributed by atoms with Gasteiger partial charge in [0.05, 0.1) is 17.6 Å². The smallest absolute Gasteiger partial charge is 0.223 e. The molecule has 0 spiro atoms. The molecule has 1 aromatic heterocycles. The number of carbonyl (C=O) groups is 1. The first kappa shape index (κ1) is 24.3. The highest BCUT2D eigenvalue weighted by Gasteiger charge is 2.20. The number of para-hydroxylation sites is 3. The summed E-state index contributed by atoms with van der Waals surface area (Å²) in [5, 5.41) is 3.17. The second-order valence-corrected chi connectivity index (χ2v) is 9.67. The van der Waals surface area contributed by atoms with Crippen LogP contribution in [0, 0.1) is 19.8 Å². The van der Waals surface area contributed by atoms with E-state index in [1.54, 1.807) is 0 Å². The van der Waals surface area contributed by atoms with Gasteiger partial charge < -0.3 is 14.6 Å². The minimum atomic E-state index is 0.226. The van der Waals surface area contributed by atoms with Crippen molar-refractivity contribution in [3.63, 3.8) is 0 Å². The molecule has 182 valence electrons. The van der Waals surface area contributed by atoms with Crippen molar-refractivity contribution in [1.82, 2.24) is 14.9 Å². The maximum Gasteiger partial charge on any atom is 0.223 e. The van der Waals surface area contributed by atoms with Crippen molar-refractivity contribution in [1.29, 1.82) is 0 Å². The normalized spacial score (nSPS) is 14.4. The maximum atomic E-state index is 12.4. The van der Waals surface area contributed by atoms with Crippen LogP contribution in [0.4, 0.5) is 0 Å². The van der Waals surface area contributed by atoms with Gasteiger partial charge in [-0.15, -0.1) is 0 Å². The molecule has 34 heavy (non-hydrogen) atoms. The molecule has 1 fully saturated rings. The molecule has 5 heteroatoms. The van der Waals surface area contributed by atoms with Crippen molar-refractivity contribution in [3.8, 4) is 5.75 Å². The highest BCUT2D eigenvalue weighted by Crippen LogP contribution is 2.24. The summed E-state index contributed by atoms with van der Waals surface area (Å²) in [5.74, 6) is 2.61. The molecule has 0 aliphatic heterocycles. The Bertz CT molecular complexity index is 1060. The van der Waals surface area contributed by atoms with Crippen LogP contribution in [0.15, 0.2) is 42.5 Å². The molecule has 2 aromatic carbocycles. The lowest BCUT2D eigenvalue weighted by molar-refractivity contribution is -0.125.